The van der Waals surface area contributed by atoms with Gasteiger partial charge < -0.3 is 5.11 Å². The molecule has 0 atom stereocenters. The SMILES string of the molecule is O=C(O)c1sc2cc(F)ccc2c1-c1ccc(Cl)cc1F. The summed E-state index contributed by atoms with van der Waals surface area (Å²) in [5.74, 6) is -2.26. The molecule has 106 valence electrons. The van der Waals surface area contributed by atoms with Gasteiger partial charge in [-0.15, -0.1) is 11.3 Å². The van der Waals surface area contributed by atoms with Gasteiger partial charge in [0.25, 0.3) is 0 Å². The molecule has 0 aliphatic rings. The minimum absolute atomic E-state index is 0.0307. The van der Waals surface area contributed by atoms with E-state index in [1.807, 2.05) is 0 Å². The van der Waals surface area contributed by atoms with E-state index in [1.165, 1.54) is 30.3 Å². The molecule has 0 aliphatic heterocycles. The fraction of sp³-hybridized carbons (Fsp3) is 0. The maximum Gasteiger partial charge on any atom is 0.346 e. The largest absolute Gasteiger partial charge is 0.477 e. The lowest BCUT2D eigenvalue weighted by Crippen LogP contribution is -1.96. The fourth-order valence-corrected chi connectivity index (χ4v) is 3.42. The molecule has 0 aliphatic carbocycles. The van der Waals surface area contributed by atoms with E-state index in [0.717, 1.165) is 17.4 Å². The van der Waals surface area contributed by atoms with Gasteiger partial charge in [0.1, 0.15) is 16.5 Å². The number of fused-ring (bicyclic) bond motifs is 1. The number of carboxylic acid groups (broad SMARTS) is 1. The maximum atomic E-state index is 14.1. The summed E-state index contributed by atoms with van der Waals surface area (Å²) in [7, 11) is 0. The summed E-state index contributed by atoms with van der Waals surface area (Å²) in [4.78, 5) is 11.4. The van der Waals surface area contributed by atoms with E-state index in [2.05, 4.69) is 0 Å². The summed E-state index contributed by atoms with van der Waals surface area (Å²) in [6.07, 6.45) is 0. The van der Waals surface area contributed by atoms with Gasteiger partial charge in [0, 0.05) is 26.2 Å². The van der Waals surface area contributed by atoms with Crippen LogP contribution in [0.2, 0.25) is 5.02 Å². The molecule has 2 nitrogen and oxygen atoms in total. The number of carbonyl (C=O) groups is 1. The van der Waals surface area contributed by atoms with Gasteiger partial charge in [-0.1, -0.05) is 11.6 Å². The van der Waals surface area contributed by atoms with Gasteiger partial charge in [0.05, 0.1) is 0 Å². The van der Waals surface area contributed by atoms with Gasteiger partial charge in [-0.05, 0) is 36.4 Å². The van der Waals surface area contributed by atoms with E-state index < -0.39 is 17.6 Å². The number of rotatable bonds is 2. The third kappa shape index (κ3) is 2.39. The molecule has 0 saturated heterocycles. The standard InChI is InChI=1S/C15H7ClF2O2S/c16-7-1-3-9(11(18)5-7)13-10-4-2-8(17)6-12(10)21-14(13)15(19)20/h1-6H,(H,19,20). The monoisotopic (exact) mass is 324 g/mol. The van der Waals surface area contributed by atoms with Gasteiger partial charge in [-0.3, -0.25) is 0 Å². The summed E-state index contributed by atoms with van der Waals surface area (Å²) in [6, 6.07) is 7.95. The number of aromatic carboxylic acids is 1. The Morgan fingerprint density at radius 2 is 1.90 bits per heavy atom. The van der Waals surface area contributed by atoms with Crippen LogP contribution in [0.5, 0.6) is 0 Å². The third-order valence-corrected chi connectivity index (χ3v) is 4.42. The Morgan fingerprint density at radius 1 is 1.14 bits per heavy atom. The first-order valence-corrected chi connectivity index (χ1v) is 7.07. The number of hydrogen-bond donors (Lipinski definition) is 1. The van der Waals surface area contributed by atoms with Crippen LogP contribution < -0.4 is 0 Å². The Hall–Kier alpha value is -1.98. The van der Waals surface area contributed by atoms with Crippen LogP contribution in [0.15, 0.2) is 36.4 Å². The van der Waals surface area contributed by atoms with Crippen LogP contribution >= 0.6 is 22.9 Å². The number of thiophene rings is 1. The maximum absolute atomic E-state index is 14.1. The molecule has 0 saturated carbocycles. The topological polar surface area (TPSA) is 37.3 Å². The molecule has 0 fully saturated rings. The zero-order valence-electron chi connectivity index (χ0n) is 10.4. The van der Waals surface area contributed by atoms with Crippen molar-refractivity contribution in [2.24, 2.45) is 0 Å². The van der Waals surface area contributed by atoms with Gasteiger partial charge >= 0.3 is 5.97 Å². The summed E-state index contributed by atoms with van der Waals surface area (Å²) in [5, 5.41) is 10.0. The Labute approximate surface area is 127 Å². The van der Waals surface area contributed by atoms with Crippen LogP contribution in [0.25, 0.3) is 21.2 Å². The van der Waals surface area contributed by atoms with Crippen LogP contribution in [0.4, 0.5) is 8.78 Å². The van der Waals surface area contributed by atoms with Gasteiger partial charge in [-0.25, -0.2) is 13.6 Å². The summed E-state index contributed by atoms with van der Waals surface area (Å²) in [6.45, 7) is 0. The minimum atomic E-state index is -1.18. The second-order valence-corrected chi connectivity index (χ2v) is 5.86. The lowest BCUT2D eigenvalue weighted by molar-refractivity contribution is 0.0703. The van der Waals surface area contributed by atoms with E-state index in [4.69, 9.17) is 11.6 Å². The van der Waals surface area contributed by atoms with Crippen molar-refractivity contribution in [2.45, 2.75) is 0 Å². The lowest BCUT2D eigenvalue weighted by atomic mass is 10.0. The normalized spacial score (nSPS) is 11.0. The predicted octanol–water partition coefficient (Wildman–Crippen LogP) is 5.20. The van der Waals surface area contributed by atoms with Crippen LogP contribution in [0.3, 0.4) is 0 Å². The quantitative estimate of drug-likeness (QED) is 0.703. The second kappa shape index (κ2) is 5.09. The molecule has 3 aromatic rings. The smallest absolute Gasteiger partial charge is 0.346 e. The lowest BCUT2D eigenvalue weighted by Gasteiger charge is -2.05. The summed E-state index contributed by atoms with van der Waals surface area (Å²) in [5.41, 5.74) is 0.381. The van der Waals surface area contributed by atoms with Crippen molar-refractivity contribution in [1.29, 1.82) is 0 Å². The first-order chi connectivity index (χ1) is 9.97. The molecule has 2 aromatic carbocycles. The first kappa shape index (κ1) is 14.0. The number of benzene rings is 2. The average molecular weight is 325 g/mol. The Balaban J connectivity index is 2.39. The molecule has 0 spiro atoms. The van der Waals surface area contributed by atoms with Crippen molar-refractivity contribution >= 4 is 39.0 Å². The molecule has 1 heterocycles. The Kier molecular flexibility index (Phi) is 3.39. The van der Waals surface area contributed by atoms with Crippen molar-refractivity contribution in [3.8, 4) is 11.1 Å². The second-order valence-electron chi connectivity index (χ2n) is 4.38. The third-order valence-electron chi connectivity index (χ3n) is 3.05. The van der Waals surface area contributed by atoms with Crippen LogP contribution in [0, 0.1) is 11.6 Å². The Bertz CT molecular complexity index is 873. The van der Waals surface area contributed by atoms with Crippen LogP contribution in [-0.4, -0.2) is 11.1 Å². The molecule has 0 amide bonds. The molecule has 6 heteroatoms. The molecule has 0 unspecified atom stereocenters. The fourth-order valence-electron chi connectivity index (χ4n) is 2.18. The molecule has 21 heavy (non-hydrogen) atoms. The van der Waals surface area contributed by atoms with Crippen molar-refractivity contribution in [3.63, 3.8) is 0 Å². The highest BCUT2D eigenvalue weighted by Gasteiger charge is 2.21. The number of hydrogen-bond acceptors (Lipinski definition) is 2. The minimum Gasteiger partial charge on any atom is -0.477 e. The van der Waals surface area contributed by atoms with Gasteiger partial charge in [-0.2, -0.15) is 0 Å². The van der Waals surface area contributed by atoms with E-state index in [1.54, 1.807) is 0 Å². The molecule has 0 bridgehead atoms. The molecular formula is C15H7ClF2O2S. The predicted molar refractivity (Wildman–Crippen MR) is 79.1 cm³/mol. The van der Waals surface area contributed by atoms with E-state index in [9.17, 15) is 18.7 Å². The highest BCUT2D eigenvalue weighted by Crippen LogP contribution is 2.40. The van der Waals surface area contributed by atoms with Crippen LogP contribution in [0.1, 0.15) is 9.67 Å². The van der Waals surface area contributed by atoms with Crippen molar-refractivity contribution < 1.29 is 18.7 Å². The zero-order valence-corrected chi connectivity index (χ0v) is 11.9. The van der Waals surface area contributed by atoms with Crippen molar-refractivity contribution in [3.05, 3.63) is 57.9 Å². The molecular weight excluding hydrogens is 318 g/mol. The highest BCUT2D eigenvalue weighted by molar-refractivity contribution is 7.21. The van der Waals surface area contributed by atoms with E-state index in [-0.39, 0.29) is 21.0 Å². The average Bonchev–Trinajstić information content (AvgIpc) is 2.77. The summed E-state index contributed by atoms with van der Waals surface area (Å²) >= 11 is 6.63. The van der Waals surface area contributed by atoms with Gasteiger partial charge in [0.2, 0.25) is 0 Å². The number of halogens is 3. The zero-order chi connectivity index (χ0) is 15.1. The Morgan fingerprint density at radius 3 is 2.57 bits per heavy atom. The summed E-state index contributed by atoms with van der Waals surface area (Å²) < 4.78 is 27.9. The number of carboxylic acids is 1. The van der Waals surface area contributed by atoms with Crippen molar-refractivity contribution in [1.82, 2.24) is 0 Å². The molecule has 1 N–H and O–H groups in total. The van der Waals surface area contributed by atoms with Crippen molar-refractivity contribution in [2.75, 3.05) is 0 Å². The molecule has 1 aromatic heterocycles. The van der Waals surface area contributed by atoms with E-state index >= 15 is 0 Å². The van der Waals surface area contributed by atoms with Gasteiger partial charge in [0.15, 0.2) is 0 Å². The highest BCUT2D eigenvalue weighted by atomic mass is 35.5. The van der Waals surface area contributed by atoms with Crippen LogP contribution in [-0.2, 0) is 0 Å². The first-order valence-electron chi connectivity index (χ1n) is 5.88. The molecule has 3 rings (SSSR count). The van der Waals surface area contributed by atoms with E-state index in [0.29, 0.717) is 10.1 Å². The molecule has 0 radical (unpaired) electrons.